The van der Waals surface area contributed by atoms with Gasteiger partial charge in [0.15, 0.2) is 0 Å². The maximum atomic E-state index is 5.97. The lowest BCUT2D eigenvalue weighted by molar-refractivity contribution is 0.0163. The quantitative estimate of drug-likeness (QED) is 0.736. The third-order valence-electron chi connectivity index (χ3n) is 6.13. The predicted octanol–water partition coefficient (Wildman–Crippen LogP) is 3.69. The summed E-state index contributed by atoms with van der Waals surface area (Å²) >= 11 is 0. The molecule has 3 unspecified atom stereocenters. The number of ether oxygens (including phenoxy) is 1. The van der Waals surface area contributed by atoms with Crippen molar-refractivity contribution in [2.45, 2.75) is 58.2 Å². The molecule has 0 radical (unpaired) electrons. The molecule has 1 saturated carbocycles. The van der Waals surface area contributed by atoms with Crippen molar-refractivity contribution in [3.05, 3.63) is 35.9 Å². The molecule has 0 spiro atoms. The Bertz CT molecular complexity index is 502. The highest BCUT2D eigenvalue weighted by molar-refractivity contribution is 5.13. The average molecular weight is 331 g/mol. The second-order valence-corrected chi connectivity index (χ2v) is 8.03. The van der Waals surface area contributed by atoms with Gasteiger partial charge in [-0.25, -0.2) is 0 Å². The van der Waals surface area contributed by atoms with E-state index < -0.39 is 0 Å². The summed E-state index contributed by atoms with van der Waals surface area (Å²) in [5.74, 6) is 1.61. The summed E-state index contributed by atoms with van der Waals surface area (Å²) in [4.78, 5) is 2.70. The summed E-state index contributed by atoms with van der Waals surface area (Å²) in [6, 6.07) is 11.1. The Balaban J connectivity index is 1.52. The van der Waals surface area contributed by atoms with E-state index in [-0.39, 0.29) is 0 Å². The smallest absolute Gasteiger partial charge is 0.0717 e. The second kappa shape index (κ2) is 7.99. The van der Waals surface area contributed by atoms with Gasteiger partial charge in [0.25, 0.3) is 0 Å². The van der Waals surface area contributed by atoms with Gasteiger partial charge in [0.05, 0.1) is 13.2 Å². The van der Waals surface area contributed by atoms with Crippen molar-refractivity contribution in [1.29, 1.82) is 0 Å². The first-order chi connectivity index (χ1) is 11.6. The monoisotopic (exact) mass is 330 g/mol. The Labute approximate surface area is 147 Å². The zero-order valence-corrected chi connectivity index (χ0v) is 15.6. The molecule has 1 aromatic carbocycles. The normalized spacial score (nSPS) is 29.5. The van der Waals surface area contributed by atoms with Crippen LogP contribution in [0.5, 0.6) is 0 Å². The van der Waals surface area contributed by atoms with Crippen LogP contribution in [-0.2, 0) is 11.3 Å². The number of piperazine rings is 1. The molecule has 1 aromatic rings. The van der Waals surface area contributed by atoms with Crippen molar-refractivity contribution in [3.8, 4) is 0 Å². The van der Waals surface area contributed by atoms with Gasteiger partial charge in [-0.2, -0.15) is 0 Å². The Morgan fingerprint density at radius 3 is 2.71 bits per heavy atom. The van der Waals surface area contributed by atoms with Gasteiger partial charge in [-0.15, -0.1) is 0 Å². The van der Waals surface area contributed by atoms with E-state index in [9.17, 15) is 0 Å². The lowest BCUT2D eigenvalue weighted by atomic mass is 9.87. The molecule has 0 aromatic heterocycles. The van der Waals surface area contributed by atoms with Crippen LogP contribution in [0.25, 0.3) is 0 Å². The Kier molecular flexibility index (Phi) is 5.96. The van der Waals surface area contributed by atoms with Crippen LogP contribution in [0.2, 0.25) is 0 Å². The highest BCUT2D eigenvalue weighted by Crippen LogP contribution is 2.41. The largest absolute Gasteiger partial charge is 0.375 e. The number of hydrogen-bond donors (Lipinski definition) is 1. The molecular formula is C21H34N2O. The lowest BCUT2D eigenvalue weighted by Gasteiger charge is -2.48. The maximum Gasteiger partial charge on any atom is 0.0717 e. The Morgan fingerprint density at radius 2 is 2.04 bits per heavy atom. The summed E-state index contributed by atoms with van der Waals surface area (Å²) in [5, 5.41) is 3.89. The maximum absolute atomic E-state index is 5.97. The molecule has 1 saturated heterocycles. The minimum Gasteiger partial charge on any atom is -0.375 e. The lowest BCUT2D eigenvalue weighted by Crippen LogP contribution is -2.65. The van der Waals surface area contributed by atoms with Crippen LogP contribution in [0.3, 0.4) is 0 Å². The summed E-state index contributed by atoms with van der Waals surface area (Å²) in [5.41, 5.74) is 1.57. The van der Waals surface area contributed by atoms with Crippen molar-refractivity contribution >= 4 is 0 Å². The summed E-state index contributed by atoms with van der Waals surface area (Å²) in [7, 11) is 0. The number of hydrogen-bond acceptors (Lipinski definition) is 3. The molecule has 3 heteroatoms. The fourth-order valence-corrected chi connectivity index (χ4v) is 4.08. The molecule has 134 valence electrons. The van der Waals surface area contributed by atoms with Gasteiger partial charge in [0.2, 0.25) is 0 Å². The van der Waals surface area contributed by atoms with Gasteiger partial charge in [-0.05, 0) is 37.2 Å². The SMILES string of the molecule is CCC(C)C1CNC(C)(C2CC2)CN1CCOCc1ccccc1. The van der Waals surface area contributed by atoms with Crippen LogP contribution in [0.15, 0.2) is 30.3 Å². The predicted molar refractivity (Wildman–Crippen MR) is 100 cm³/mol. The minimum atomic E-state index is 0.309. The van der Waals surface area contributed by atoms with Crippen molar-refractivity contribution in [2.24, 2.45) is 11.8 Å². The topological polar surface area (TPSA) is 24.5 Å². The molecular weight excluding hydrogens is 296 g/mol. The van der Waals surface area contributed by atoms with E-state index in [4.69, 9.17) is 4.74 Å². The van der Waals surface area contributed by atoms with E-state index in [0.717, 1.165) is 38.1 Å². The molecule has 2 fully saturated rings. The molecule has 0 amide bonds. The minimum absolute atomic E-state index is 0.309. The molecule has 1 aliphatic carbocycles. The van der Waals surface area contributed by atoms with Gasteiger partial charge in [0.1, 0.15) is 0 Å². The molecule has 2 aliphatic rings. The average Bonchev–Trinajstić information content (AvgIpc) is 3.45. The zero-order valence-electron chi connectivity index (χ0n) is 15.6. The van der Waals surface area contributed by atoms with Crippen LogP contribution in [0.4, 0.5) is 0 Å². The summed E-state index contributed by atoms with van der Waals surface area (Å²) < 4.78 is 5.97. The van der Waals surface area contributed by atoms with Gasteiger partial charge < -0.3 is 10.1 Å². The van der Waals surface area contributed by atoms with E-state index >= 15 is 0 Å². The highest BCUT2D eigenvalue weighted by Gasteiger charge is 2.46. The molecule has 1 N–H and O–H groups in total. The fraction of sp³-hybridized carbons (Fsp3) is 0.714. The van der Waals surface area contributed by atoms with E-state index in [2.05, 4.69) is 61.3 Å². The number of rotatable bonds is 8. The van der Waals surface area contributed by atoms with Crippen LogP contribution >= 0.6 is 0 Å². The summed E-state index contributed by atoms with van der Waals surface area (Å²) in [6.07, 6.45) is 4.04. The van der Waals surface area contributed by atoms with Crippen LogP contribution in [0.1, 0.15) is 45.6 Å². The highest BCUT2D eigenvalue weighted by atomic mass is 16.5. The molecule has 1 heterocycles. The van der Waals surface area contributed by atoms with Crippen LogP contribution in [0, 0.1) is 11.8 Å². The molecule has 1 aliphatic heterocycles. The number of benzene rings is 1. The van der Waals surface area contributed by atoms with Crippen molar-refractivity contribution in [2.75, 3.05) is 26.2 Å². The zero-order chi connectivity index (χ0) is 17.0. The molecule has 3 nitrogen and oxygen atoms in total. The van der Waals surface area contributed by atoms with Gasteiger partial charge in [-0.3, -0.25) is 4.90 Å². The molecule has 3 rings (SSSR count). The van der Waals surface area contributed by atoms with Crippen LogP contribution in [-0.4, -0.2) is 42.7 Å². The van der Waals surface area contributed by atoms with Gasteiger partial charge >= 0.3 is 0 Å². The van der Waals surface area contributed by atoms with Crippen molar-refractivity contribution < 1.29 is 4.74 Å². The summed E-state index contributed by atoms with van der Waals surface area (Å²) in [6.45, 7) is 12.0. The first-order valence-corrected chi connectivity index (χ1v) is 9.73. The molecule has 24 heavy (non-hydrogen) atoms. The van der Waals surface area contributed by atoms with Crippen molar-refractivity contribution in [3.63, 3.8) is 0 Å². The third kappa shape index (κ3) is 4.38. The van der Waals surface area contributed by atoms with E-state index in [0.29, 0.717) is 11.6 Å². The van der Waals surface area contributed by atoms with Gasteiger partial charge in [0, 0.05) is 31.2 Å². The first kappa shape index (κ1) is 17.9. The number of nitrogens with zero attached hydrogens (tertiary/aromatic N) is 1. The standard InChI is InChI=1S/C21H34N2O/c1-4-17(2)20-14-22-21(3,19-10-11-19)16-23(20)12-13-24-15-18-8-6-5-7-9-18/h5-9,17,19-20,22H,4,10-16H2,1-3H3. The van der Waals surface area contributed by atoms with E-state index in [1.54, 1.807) is 0 Å². The number of nitrogens with one attached hydrogen (secondary N) is 1. The van der Waals surface area contributed by atoms with Gasteiger partial charge in [-0.1, -0.05) is 50.6 Å². The molecule has 0 bridgehead atoms. The first-order valence-electron chi connectivity index (χ1n) is 9.73. The van der Waals surface area contributed by atoms with E-state index in [1.165, 1.54) is 31.4 Å². The molecule has 3 atom stereocenters. The Hall–Kier alpha value is -0.900. The Morgan fingerprint density at radius 1 is 1.29 bits per heavy atom. The second-order valence-electron chi connectivity index (χ2n) is 8.03. The van der Waals surface area contributed by atoms with Crippen LogP contribution < -0.4 is 5.32 Å². The third-order valence-corrected chi connectivity index (χ3v) is 6.13. The van der Waals surface area contributed by atoms with E-state index in [1.807, 2.05) is 0 Å². The fourth-order valence-electron chi connectivity index (χ4n) is 4.08. The van der Waals surface area contributed by atoms with Crippen molar-refractivity contribution in [1.82, 2.24) is 10.2 Å².